The van der Waals surface area contributed by atoms with E-state index in [-0.39, 0.29) is 5.90 Å². The van der Waals surface area contributed by atoms with Gasteiger partial charge in [0.1, 0.15) is 0 Å². The predicted octanol–water partition coefficient (Wildman–Crippen LogP) is 2.64. The topological polar surface area (TPSA) is 47.9 Å². The summed E-state index contributed by atoms with van der Waals surface area (Å²) in [6, 6.07) is 3.53. The highest BCUT2D eigenvalue weighted by Gasteiger charge is 2.15. The zero-order chi connectivity index (χ0) is 13.0. The molecule has 92 valence electrons. The lowest BCUT2D eigenvalue weighted by Crippen LogP contribution is -2.10. The van der Waals surface area contributed by atoms with Crippen LogP contribution in [0.25, 0.3) is 0 Å². The molecule has 0 heterocycles. The second-order valence-electron chi connectivity index (χ2n) is 3.57. The normalized spacial score (nSPS) is 11.2. The van der Waals surface area contributed by atoms with Crippen LogP contribution in [-0.4, -0.2) is 26.1 Å². The molecular formula is C12H14ClNO3. The summed E-state index contributed by atoms with van der Waals surface area (Å²) in [5, 5.41) is 0. The van der Waals surface area contributed by atoms with Crippen molar-refractivity contribution in [2.24, 2.45) is 4.51 Å². The number of carbonyl (C=O) groups is 1. The average molecular weight is 256 g/mol. The maximum atomic E-state index is 11.6. The van der Waals surface area contributed by atoms with Crippen molar-refractivity contribution in [3.63, 3.8) is 0 Å². The average Bonchev–Trinajstić information content (AvgIpc) is 2.32. The number of benzene rings is 1. The number of hydrogen-bond donors (Lipinski definition) is 0. The number of ether oxygens (including phenoxy) is 2. The van der Waals surface area contributed by atoms with Crippen molar-refractivity contribution in [2.75, 3.05) is 14.2 Å². The van der Waals surface area contributed by atoms with E-state index >= 15 is 0 Å². The third kappa shape index (κ3) is 2.77. The van der Waals surface area contributed by atoms with Crippen LogP contribution in [0.2, 0.25) is 0 Å². The minimum atomic E-state index is -0.395. The Bertz CT molecular complexity index is 469. The fourth-order valence-electron chi connectivity index (χ4n) is 1.60. The zero-order valence-electron chi connectivity index (χ0n) is 10.2. The van der Waals surface area contributed by atoms with Crippen molar-refractivity contribution in [1.82, 2.24) is 0 Å². The van der Waals surface area contributed by atoms with Crippen molar-refractivity contribution < 1.29 is 14.3 Å². The lowest BCUT2D eigenvalue weighted by Gasteiger charge is -2.11. The molecule has 0 N–H and O–H groups in total. The van der Waals surface area contributed by atoms with Gasteiger partial charge in [0, 0.05) is 17.3 Å². The van der Waals surface area contributed by atoms with Gasteiger partial charge < -0.3 is 9.47 Å². The van der Waals surface area contributed by atoms with Gasteiger partial charge in [0.15, 0.2) is 0 Å². The molecule has 0 saturated heterocycles. The standard InChI is InChI=1S/C12H14ClNO3/c1-7-5-8(2)10(12(15)17-4)6-9(7)11(14-13)16-3/h5-6H,1-4H3/b14-11-. The minimum Gasteiger partial charge on any atom is -0.480 e. The molecule has 0 unspecified atom stereocenters. The summed E-state index contributed by atoms with van der Waals surface area (Å²) >= 11 is 5.43. The first kappa shape index (κ1) is 13.5. The van der Waals surface area contributed by atoms with E-state index in [1.165, 1.54) is 14.2 Å². The third-order valence-corrected chi connectivity index (χ3v) is 2.63. The van der Waals surface area contributed by atoms with Crippen LogP contribution in [0.3, 0.4) is 0 Å². The maximum absolute atomic E-state index is 11.6. The summed E-state index contributed by atoms with van der Waals surface area (Å²) in [6.07, 6.45) is 0. The first-order valence-corrected chi connectivity index (χ1v) is 5.31. The second kappa shape index (κ2) is 5.68. The molecule has 0 aliphatic carbocycles. The van der Waals surface area contributed by atoms with E-state index in [2.05, 4.69) is 4.51 Å². The molecule has 0 fully saturated rings. The summed E-state index contributed by atoms with van der Waals surface area (Å²) in [5.74, 6) is -0.122. The lowest BCUT2D eigenvalue weighted by atomic mass is 10.00. The lowest BCUT2D eigenvalue weighted by molar-refractivity contribution is 0.0600. The Labute approximate surface area is 105 Å². The van der Waals surface area contributed by atoms with Gasteiger partial charge in [-0.05, 0) is 31.0 Å². The Balaban J connectivity index is 3.38. The van der Waals surface area contributed by atoms with Crippen molar-refractivity contribution in [1.29, 1.82) is 0 Å². The number of esters is 1. The van der Waals surface area contributed by atoms with Gasteiger partial charge in [-0.2, -0.15) is 0 Å². The van der Waals surface area contributed by atoms with Crippen LogP contribution in [-0.2, 0) is 9.47 Å². The molecular weight excluding hydrogens is 242 g/mol. The molecule has 0 spiro atoms. The van der Waals surface area contributed by atoms with Crippen LogP contribution in [0.15, 0.2) is 16.6 Å². The minimum absolute atomic E-state index is 0.273. The first-order valence-electron chi connectivity index (χ1n) is 4.98. The molecule has 1 aromatic rings. The van der Waals surface area contributed by atoms with E-state index in [0.717, 1.165) is 11.1 Å². The maximum Gasteiger partial charge on any atom is 0.338 e. The number of aryl methyl sites for hydroxylation is 2. The van der Waals surface area contributed by atoms with Crippen LogP contribution in [0.4, 0.5) is 0 Å². The first-order chi connectivity index (χ1) is 8.04. The fraction of sp³-hybridized carbons (Fsp3) is 0.333. The zero-order valence-corrected chi connectivity index (χ0v) is 11.0. The fourth-order valence-corrected chi connectivity index (χ4v) is 1.76. The summed E-state index contributed by atoms with van der Waals surface area (Å²) in [6.45, 7) is 3.73. The number of rotatable bonds is 2. The van der Waals surface area contributed by atoms with Crippen LogP contribution in [0.5, 0.6) is 0 Å². The van der Waals surface area contributed by atoms with Gasteiger partial charge in [-0.1, -0.05) is 6.07 Å². The molecule has 0 aliphatic rings. The molecule has 17 heavy (non-hydrogen) atoms. The largest absolute Gasteiger partial charge is 0.480 e. The summed E-state index contributed by atoms with van der Waals surface area (Å²) in [7, 11) is 2.81. The van der Waals surface area contributed by atoms with Crippen molar-refractivity contribution >= 4 is 23.6 Å². The van der Waals surface area contributed by atoms with Gasteiger partial charge in [-0.25, -0.2) is 4.79 Å². The Kier molecular flexibility index (Phi) is 4.52. The molecule has 0 amide bonds. The number of halogens is 1. The van der Waals surface area contributed by atoms with E-state index in [4.69, 9.17) is 21.3 Å². The predicted molar refractivity (Wildman–Crippen MR) is 66.7 cm³/mol. The van der Waals surface area contributed by atoms with Gasteiger partial charge in [-0.3, -0.25) is 0 Å². The highest BCUT2D eigenvalue weighted by molar-refractivity contribution is 6.21. The van der Waals surface area contributed by atoms with Crippen molar-refractivity contribution in [3.05, 3.63) is 34.4 Å². The Morgan fingerprint density at radius 2 is 1.71 bits per heavy atom. The number of carbonyl (C=O) groups excluding carboxylic acids is 1. The smallest absolute Gasteiger partial charge is 0.338 e. The quantitative estimate of drug-likeness (QED) is 0.464. The molecule has 0 atom stereocenters. The SMILES string of the molecule is COC(=O)c1cc(/C(=N/Cl)OC)c(C)cc1C. The van der Waals surface area contributed by atoms with E-state index < -0.39 is 5.97 Å². The molecule has 0 bridgehead atoms. The Morgan fingerprint density at radius 1 is 1.12 bits per heavy atom. The van der Waals surface area contributed by atoms with Gasteiger partial charge in [0.25, 0.3) is 0 Å². The van der Waals surface area contributed by atoms with Gasteiger partial charge in [0.05, 0.1) is 19.8 Å². The van der Waals surface area contributed by atoms with Gasteiger partial charge >= 0.3 is 5.97 Å². The number of methoxy groups -OCH3 is 2. The molecule has 1 aromatic carbocycles. The highest BCUT2D eigenvalue weighted by atomic mass is 35.5. The Hall–Kier alpha value is -1.55. The molecule has 0 saturated carbocycles. The van der Waals surface area contributed by atoms with Crippen molar-refractivity contribution in [3.8, 4) is 0 Å². The molecule has 5 heteroatoms. The molecule has 1 rings (SSSR count). The Morgan fingerprint density at radius 3 is 2.18 bits per heavy atom. The number of nitrogens with zero attached hydrogens (tertiary/aromatic N) is 1. The summed E-state index contributed by atoms with van der Waals surface area (Å²) < 4.78 is 13.3. The van der Waals surface area contributed by atoms with Crippen molar-refractivity contribution in [2.45, 2.75) is 13.8 Å². The molecule has 0 aromatic heterocycles. The second-order valence-corrected chi connectivity index (χ2v) is 3.74. The van der Waals surface area contributed by atoms with E-state index in [1.807, 2.05) is 19.9 Å². The summed E-state index contributed by atoms with van der Waals surface area (Å²) in [4.78, 5) is 11.6. The monoisotopic (exact) mass is 255 g/mol. The van der Waals surface area contributed by atoms with Crippen LogP contribution >= 0.6 is 11.8 Å². The molecule has 0 radical (unpaired) electrons. The van der Waals surface area contributed by atoms with E-state index in [1.54, 1.807) is 6.07 Å². The third-order valence-electron chi connectivity index (χ3n) is 2.48. The summed E-state index contributed by atoms with van der Waals surface area (Å²) in [5.41, 5.74) is 2.91. The van der Waals surface area contributed by atoms with Crippen LogP contribution < -0.4 is 0 Å². The van der Waals surface area contributed by atoms with Crippen LogP contribution in [0.1, 0.15) is 27.0 Å². The number of hydrogen-bond acceptors (Lipinski definition) is 4. The molecule has 4 nitrogen and oxygen atoms in total. The van der Waals surface area contributed by atoms with Gasteiger partial charge in [0.2, 0.25) is 5.90 Å². The van der Waals surface area contributed by atoms with Gasteiger partial charge in [-0.15, -0.1) is 4.51 Å². The van der Waals surface area contributed by atoms with E-state index in [9.17, 15) is 4.79 Å². The van der Waals surface area contributed by atoms with Crippen LogP contribution in [0, 0.1) is 13.8 Å². The highest BCUT2D eigenvalue weighted by Crippen LogP contribution is 2.18. The molecule has 0 aliphatic heterocycles. The van der Waals surface area contributed by atoms with E-state index in [0.29, 0.717) is 11.1 Å².